The van der Waals surface area contributed by atoms with Crippen molar-refractivity contribution in [2.45, 2.75) is 32.2 Å². The minimum absolute atomic E-state index is 0.154. The van der Waals surface area contributed by atoms with Crippen molar-refractivity contribution < 1.29 is 24.2 Å². The van der Waals surface area contributed by atoms with E-state index in [1.165, 1.54) is 0 Å². The van der Waals surface area contributed by atoms with Crippen LogP contribution in [0.25, 0.3) is 0 Å². The number of rotatable bonds is 2. The molecular formula is C17H21NO5. The van der Waals surface area contributed by atoms with E-state index in [9.17, 15) is 14.7 Å². The number of carbonyl (C=O) groups excluding carboxylic acids is 1. The van der Waals surface area contributed by atoms with Crippen molar-refractivity contribution in [1.29, 1.82) is 0 Å². The van der Waals surface area contributed by atoms with E-state index in [1.54, 1.807) is 30.0 Å². The second-order valence-corrected chi connectivity index (χ2v) is 6.04. The summed E-state index contributed by atoms with van der Waals surface area (Å²) in [5, 5.41) is 9.29. The van der Waals surface area contributed by atoms with Gasteiger partial charge in [-0.1, -0.05) is 0 Å². The highest BCUT2D eigenvalue weighted by atomic mass is 16.5. The number of nitrogens with zero attached hydrogens (tertiary/aromatic N) is 1. The summed E-state index contributed by atoms with van der Waals surface area (Å²) in [6.45, 7) is 3.55. The number of aliphatic carboxylic acids is 1. The molecule has 2 heterocycles. The lowest BCUT2D eigenvalue weighted by Gasteiger charge is -2.37. The van der Waals surface area contributed by atoms with Crippen LogP contribution in [-0.4, -0.2) is 47.7 Å². The number of fused-ring (bicyclic) bond motifs is 1. The Morgan fingerprint density at radius 3 is 2.65 bits per heavy atom. The summed E-state index contributed by atoms with van der Waals surface area (Å²) < 4.78 is 11.2. The molecule has 124 valence electrons. The van der Waals surface area contributed by atoms with E-state index in [0.29, 0.717) is 49.7 Å². The lowest BCUT2D eigenvalue weighted by Crippen LogP contribution is -2.49. The van der Waals surface area contributed by atoms with Gasteiger partial charge in [-0.2, -0.15) is 0 Å². The monoisotopic (exact) mass is 319 g/mol. The Hall–Kier alpha value is -2.24. The summed E-state index contributed by atoms with van der Waals surface area (Å²) in [6, 6.07) is 4.84. The highest BCUT2D eigenvalue weighted by Gasteiger charge is 2.35. The number of carbonyl (C=O) groups is 2. The third-order valence-electron chi connectivity index (χ3n) is 4.56. The van der Waals surface area contributed by atoms with Gasteiger partial charge in [0.25, 0.3) is 5.91 Å². The van der Waals surface area contributed by atoms with Crippen molar-refractivity contribution in [3.8, 4) is 11.5 Å². The van der Waals surface area contributed by atoms with E-state index < -0.39 is 11.9 Å². The van der Waals surface area contributed by atoms with E-state index in [-0.39, 0.29) is 11.9 Å². The molecular weight excluding hydrogens is 298 g/mol. The van der Waals surface area contributed by atoms with Crippen molar-refractivity contribution >= 4 is 11.9 Å². The maximum atomic E-state index is 12.8. The number of hydrogen-bond acceptors (Lipinski definition) is 4. The van der Waals surface area contributed by atoms with E-state index in [2.05, 4.69) is 0 Å². The van der Waals surface area contributed by atoms with Crippen LogP contribution in [0.4, 0.5) is 0 Å². The summed E-state index contributed by atoms with van der Waals surface area (Å²) in [5.41, 5.74) is 0.507. The fourth-order valence-electron chi connectivity index (χ4n) is 3.22. The molecule has 0 spiro atoms. The average molecular weight is 319 g/mol. The molecule has 0 saturated carbocycles. The summed E-state index contributed by atoms with van der Waals surface area (Å²) in [5.74, 6) is -0.275. The molecule has 2 aliphatic heterocycles. The highest BCUT2D eigenvalue weighted by Crippen LogP contribution is 2.32. The van der Waals surface area contributed by atoms with Crippen molar-refractivity contribution in [3.05, 3.63) is 23.8 Å². The zero-order valence-electron chi connectivity index (χ0n) is 13.2. The molecule has 1 aromatic carbocycles. The predicted molar refractivity (Wildman–Crippen MR) is 82.9 cm³/mol. The van der Waals surface area contributed by atoms with Crippen LogP contribution in [0.3, 0.4) is 0 Å². The number of hydrogen-bond donors (Lipinski definition) is 1. The smallest absolute Gasteiger partial charge is 0.308 e. The number of amides is 1. The van der Waals surface area contributed by atoms with Gasteiger partial charge in [-0.15, -0.1) is 0 Å². The Kier molecular flexibility index (Phi) is 4.41. The maximum Gasteiger partial charge on any atom is 0.308 e. The predicted octanol–water partition coefficient (Wildman–Crippen LogP) is 2.17. The lowest BCUT2D eigenvalue weighted by atomic mass is 9.90. The highest BCUT2D eigenvalue weighted by molar-refractivity contribution is 5.95. The molecule has 0 aliphatic carbocycles. The Morgan fingerprint density at radius 1 is 1.17 bits per heavy atom. The summed E-state index contributed by atoms with van der Waals surface area (Å²) in [6.07, 6.45) is 2.13. The molecule has 2 aliphatic rings. The van der Waals surface area contributed by atoms with Gasteiger partial charge in [-0.3, -0.25) is 9.59 Å². The number of carboxylic acids is 1. The van der Waals surface area contributed by atoms with Crippen LogP contribution in [0.15, 0.2) is 18.2 Å². The second kappa shape index (κ2) is 6.48. The van der Waals surface area contributed by atoms with Gasteiger partial charge in [0.15, 0.2) is 11.5 Å². The standard InChI is InChI=1S/C17H21NO5/c1-11-13(17(20)21)4-2-7-18(11)16(19)12-5-6-14-15(10-12)23-9-3-8-22-14/h5-6,10-11,13H,2-4,7-9H2,1H3,(H,20,21)/t11-,13-/m1/s1. The van der Waals surface area contributed by atoms with Gasteiger partial charge >= 0.3 is 5.97 Å². The molecule has 0 bridgehead atoms. The molecule has 2 atom stereocenters. The zero-order valence-corrected chi connectivity index (χ0v) is 13.2. The van der Waals surface area contributed by atoms with Gasteiger partial charge in [0.1, 0.15) is 0 Å². The largest absolute Gasteiger partial charge is 0.490 e. The van der Waals surface area contributed by atoms with E-state index in [4.69, 9.17) is 9.47 Å². The van der Waals surface area contributed by atoms with Gasteiger partial charge in [-0.25, -0.2) is 0 Å². The van der Waals surface area contributed by atoms with E-state index >= 15 is 0 Å². The molecule has 6 nitrogen and oxygen atoms in total. The number of ether oxygens (including phenoxy) is 2. The molecule has 3 rings (SSSR count). The number of piperidine rings is 1. The van der Waals surface area contributed by atoms with Gasteiger partial charge in [-0.05, 0) is 38.0 Å². The molecule has 1 fully saturated rings. The molecule has 0 radical (unpaired) electrons. The first-order valence-corrected chi connectivity index (χ1v) is 8.01. The van der Waals surface area contributed by atoms with Gasteiger partial charge in [0.05, 0.1) is 19.1 Å². The Morgan fingerprint density at radius 2 is 1.91 bits per heavy atom. The first-order chi connectivity index (χ1) is 11.1. The third kappa shape index (κ3) is 3.11. The van der Waals surface area contributed by atoms with Gasteiger partial charge in [0, 0.05) is 24.6 Å². The molecule has 1 aromatic rings. The van der Waals surface area contributed by atoms with Crippen molar-refractivity contribution in [2.24, 2.45) is 5.92 Å². The quantitative estimate of drug-likeness (QED) is 0.904. The molecule has 0 unspecified atom stereocenters. The van der Waals surface area contributed by atoms with Crippen LogP contribution >= 0.6 is 0 Å². The Bertz CT molecular complexity index is 615. The average Bonchev–Trinajstić information content (AvgIpc) is 2.78. The minimum Gasteiger partial charge on any atom is -0.490 e. The fourth-order valence-corrected chi connectivity index (χ4v) is 3.22. The number of benzene rings is 1. The first kappa shape index (κ1) is 15.6. The molecule has 23 heavy (non-hydrogen) atoms. The van der Waals surface area contributed by atoms with Crippen LogP contribution in [0.2, 0.25) is 0 Å². The zero-order chi connectivity index (χ0) is 16.4. The lowest BCUT2D eigenvalue weighted by molar-refractivity contribution is -0.144. The minimum atomic E-state index is -0.839. The van der Waals surface area contributed by atoms with Gasteiger partial charge in [0.2, 0.25) is 0 Å². The number of likely N-dealkylation sites (tertiary alicyclic amines) is 1. The topological polar surface area (TPSA) is 76.1 Å². The van der Waals surface area contributed by atoms with Crippen molar-refractivity contribution in [1.82, 2.24) is 4.90 Å². The molecule has 0 aromatic heterocycles. The molecule has 1 amide bonds. The van der Waals surface area contributed by atoms with Crippen LogP contribution in [-0.2, 0) is 4.79 Å². The fraction of sp³-hybridized carbons (Fsp3) is 0.529. The summed E-state index contributed by atoms with van der Waals surface area (Å²) >= 11 is 0. The summed E-state index contributed by atoms with van der Waals surface area (Å²) in [4.78, 5) is 25.8. The van der Waals surface area contributed by atoms with E-state index in [1.807, 2.05) is 0 Å². The Labute approximate surface area is 135 Å². The van der Waals surface area contributed by atoms with Gasteiger partial charge < -0.3 is 19.5 Å². The van der Waals surface area contributed by atoms with E-state index in [0.717, 1.165) is 6.42 Å². The van der Waals surface area contributed by atoms with Crippen molar-refractivity contribution in [2.75, 3.05) is 19.8 Å². The normalized spacial score (nSPS) is 24.0. The SMILES string of the molecule is C[C@@H]1[C@H](C(=O)O)CCCN1C(=O)c1ccc2c(c1)OCCCO2. The summed E-state index contributed by atoms with van der Waals surface area (Å²) in [7, 11) is 0. The van der Waals surface area contributed by atoms with Crippen LogP contribution in [0.5, 0.6) is 11.5 Å². The molecule has 1 saturated heterocycles. The Balaban J connectivity index is 1.82. The van der Waals surface area contributed by atoms with Crippen LogP contribution in [0, 0.1) is 5.92 Å². The maximum absolute atomic E-state index is 12.8. The first-order valence-electron chi connectivity index (χ1n) is 8.01. The van der Waals surface area contributed by atoms with Crippen LogP contribution in [0.1, 0.15) is 36.5 Å². The number of carboxylic acid groups (broad SMARTS) is 1. The van der Waals surface area contributed by atoms with Crippen LogP contribution < -0.4 is 9.47 Å². The molecule has 6 heteroatoms. The third-order valence-corrected chi connectivity index (χ3v) is 4.56. The second-order valence-electron chi connectivity index (χ2n) is 6.04. The molecule has 1 N–H and O–H groups in total. The van der Waals surface area contributed by atoms with Crippen molar-refractivity contribution in [3.63, 3.8) is 0 Å².